The molecule has 1 aliphatic heterocycles. The predicted octanol–water partition coefficient (Wildman–Crippen LogP) is 2.92. The van der Waals surface area contributed by atoms with E-state index in [1.807, 2.05) is 4.90 Å². The molecule has 0 bridgehead atoms. The first-order valence-electron chi connectivity index (χ1n) is 9.05. The summed E-state index contributed by atoms with van der Waals surface area (Å²) in [6.45, 7) is 3.44. The highest BCUT2D eigenvalue weighted by molar-refractivity contribution is 5.93. The number of piperazine rings is 1. The number of nitrogens with zero attached hydrogens (tertiary/aromatic N) is 3. The molecule has 0 atom stereocenters. The van der Waals surface area contributed by atoms with Gasteiger partial charge >= 0.3 is 0 Å². The topological polar surface area (TPSA) is 52.2 Å². The minimum absolute atomic E-state index is 0.00747. The Kier molecular flexibility index (Phi) is 4.53. The molecule has 0 unspecified atom stereocenters. The van der Waals surface area contributed by atoms with Gasteiger partial charge in [0.05, 0.1) is 5.69 Å². The summed E-state index contributed by atoms with van der Waals surface area (Å²) in [4.78, 5) is 17.1. The van der Waals surface area contributed by atoms with Crippen LogP contribution < -0.4 is 0 Å². The quantitative estimate of drug-likeness (QED) is 0.933. The highest BCUT2D eigenvalue weighted by Gasteiger charge is 2.28. The molecule has 6 heteroatoms. The molecule has 2 aromatic rings. The Morgan fingerprint density at radius 1 is 1.08 bits per heavy atom. The molecular formula is C19H23FN4O. The minimum Gasteiger partial charge on any atom is -0.335 e. The Hall–Kier alpha value is -2.21. The monoisotopic (exact) mass is 342 g/mol. The fraction of sp³-hybridized carbons (Fsp3) is 0.474. The van der Waals surface area contributed by atoms with Crippen LogP contribution in [0, 0.1) is 5.82 Å². The van der Waals surface area contributed by atoms with E-state index in [1.165, 1.54) is 37.8 Å². The summed E-state index contributed by atoms with van der Waals surface area (Å²) >= 11 is 0. The molecule has 1 amide bonds. The Balaban J connectivity index is 1.39. The fourth-order valence-electron chi connectivity index (χ4n) is 3.93. The van der Waals surface area contributed by atoms with Crippen LogP contribution in [0.1, 0.15) is 36.2 Å². The molecule has 1 aromatic carbocycles. The molecule has 1 N–H and O–H groups in total. The van der Waals surface area contributed by atoms with Crippen molar-refractivity contribution >= 4 is 5.91 Å². The summed E-state index contributed by atoms with van der Waals surface area (Å²) in [5, 5.41) is 7.04. The first kappa shape index (κ1) is 16.3. The van der Waals surface area contributed by atoms with Crippen molar-refractivity contribution < 1.29 is 9.18 Å². The van der Waals surface area contributed by atoms with E-state index in [0.717, 1.165) is 37.8 Å². The molecule has 5 nitrogen and oxygen atoms in total. The second-order valence-electron chi connectivity index (χ2n) is 6.94. The Bertz CT molecular complexity index is 728. The number of hydrogen-bond donors (Lipinski definition) is 1. The molecule has 0 spiro atoms. The van der Waals surface area contributed by atoms with Gasteiger partial charge in [-0.1, -0.05) is 12.8 Å². The molecular weight excluding hydrogens is 319 g/mol. The minimum atomic E-state index is -0.282. The van der Waals surface area contributed by atoms with E-state index in [-0.39, 0.29) is 11.7 Å². The third kappa shape index (κ3) is 3.44. The molecule has 4 rings (SSSR count). The first-order valence-corrected chi connectivity index (χ1v) is 9.05. The first-order chi connectivity index (χ1) is 12.2. The summed E-state index contributed by atoms with van der Waals surface area (Å²) in [6.07, 6.45) is 5.28. The average molecular weight is 342 g/mol. The maximum absolute atomic E-state index is 13.0. The number of H-pyrrole nitrogens is 1. The molecule has 2 aliphatic rings. The van der Waals surface area contributed by atoms with Gasteiger partial charge < -0.3 is 4.90 Å². The lowest BCUT2D eigenvalue weighted by atomic mass is 10.1. The zero-order chi connectivity index (χ0) is 17.2. The number of amides is 1. The SMILES string of the molecule is O=C(c1cc(-c2ccc(F)cc2)n[nH]1)N1CCN(C2CCCC2)CC1. The van der Waals surface area contributed by atoms with Crippen LogP contribution in [0.3, 0.4) is 0 Å². The second kappa shape index (κ2) is 6.96. The summed E-state index contributed by atoms with van der Waals surface area (Å²) in [6, 6.07) is 8.59. The summed E-state index contributed by atoms with van der Waals surface area (Å²) in [5.74, 6) is -0.289. The van der Waals surface area contributed by atoms with E-state index >= 15 is 0 Å². The summed E-state index contributed by atoms with van der Waals surface area (Å²) in [7, 11) is 0. The molecule has 2 fully saturated rings. The van der Waals surface area contributed by atoms with Gasteiger partial charge in [-0.2, -0.15) is 5.10 Å². The van der Waals surface area contributed by atoms with Gasteiger partial charge in [-0.3, -0.25) is 14.8 Å². The number of carbonyl (C=O) groups excluding carboxylic acids is 1. The van der Waals surface area contributed by atoms with E-state index in [2.05, 4.69) is 15.1 Å². The van der Waals surface area contributed by atoms with Crippen molar-refractivity contribution in [2.75, 3.05) is 26.2 Å². The van der Waals surface area contributed by atoms with Gasteiger partial charge in [-0.25, -0.2) is 4.39 Å². The van der Waals surface area contributed by atoms with Crippen molar-refractivity contribution in [3.8, 4) is 11.3 Å². The van der Waals surface area contributed by atoms with Crippen LogP contribution in [0.4, 0.5) is 4.39 Å². The number of nitrogens with one attached hydrogen (secondary N) is 1. The molecule has 1 aromatic heterocycles. The zero-order valence-corrected chi connectivity index (χ0v) is 14.2. The molecule has 1 saturated heterocycles. The Morgan fingerprint density at radius 3 is 2.44 bits per heavy atom. The largest absolute Gasteiger partial charge is 0.335 e. The highest BCUT2D eigenvalue weighted by atomic mass is 19.1. The third-order valence-corrected chi connectivity index (χ3v) is 5.39. The maximum atomic E-state index is 13.0. The van der Waals surface area contributed by atoms with Crippen molar-refractivity contribution in [2.24, 2.45) is 0 Å². The second-order valence-corrected chi connectivity index (χ2v) is 6.94. The van der Waals surface area contributed by atoms with Crippen molar-refractivity contribution in [3.05, 3.63) is 41.8 Å². The molecule has 25 heavy (non-hydrogen) atoms. The maximum Gasteiger partial charge on any atom is 0.271 e. The van der Waals surface area contributed by atoms with E-state index < -0.39 is 0 Å². The van der Waals surface area contributed by atoms with Crippen LogP contribution in [0.15, 0.2) is 30.3 Å². The summed E-state index contributed by atoms with van der Waals surface area (Å²) < 4.78 is 13.0. The average Bonchev–Trinajstić information content (AvgIpc) is 3.34. The van der Waals surface area contributed by atoms with Gasteiger partial charge in [0.2, 0.25) is 0 Å². The summed E-state index contributed by atoms with van der Waals surface area (Å²) in [5.41, 5.74) is 1.95. The standard InChI is InChI=1S/C19H23FN4O/c20-15-7-5-14(6-8-15)17-13-18(22-21-17)19(25)24-11-9-23(10-12-24)16-3-1-2-4-16/h5-8,13,16H,1-4,9-12H2,(H,21,22). The van der Waals surface area contributed by atoms with Crippen molar-refractivity contribution in [3.63, 3.8) is 0 Å². The van der Waals surface area contributed by atoms with Crippen molar-refractivity contribution in [2.45, 2.75) is 31.7 Å². The van der Waals surface area contributed by atoms with Crippen LogP contribution in [0.25, 0.3) is 11.3 Å². The number of halogens is 1. The van der Waals surface area contributed by atoms with E-state index in [1.54, 1.807) is 18.2 Å². The van der Waals surface area contributed by atoms with Crippen LogP contribution in [-0.2, 0) is 0 Å². The number of aromatic amines is 1. The van der Waals surface area contributed by atoms with Crippen LogP contribution in [0.5, 0.6) is 0 Å². The number of benzene rings is 1. The van der Waals surface area contributed by atoms with Gasteiger partial charge in [0.1, 0.15) is 11.5 Å². The third-order valence-electron chi connectivity index (χ3n) is 5.39. The lowest BCUT2D eigenvalue weighted by Gasteiger charge is -2.37. The Labute approximate surface area is 146 Å². The molecule has 0 radical (unpaired) electrons. The number of carbonyl (C=O) groups is 1. The highest BCUT2D eigenvalue weighted by Crippen LogP contribution is 2.25. The molecule has 132 valence electrons. The molecule has 1 aliphatic carbocycles. The van der Waals surface area contributed by atoms with Gasteiger partial charge in [-0.05, 0) is 43.2 Å². The van der Waals surface area contributed by atoms with Gasteiger partial charge in [-0.15, -0.1) is 0 Å². The lowest BCUT2D eigenvalue weighted by Crippen LogP contribution is -2.51. The van der Waals surface area contributed by atoms with Gasteiger partial charge in [0.25, 0.3) is 5.91 Å². The molecule has 2 heterocycles. The molecule has 1 saturated carbocycles. The number of aromatic nitrogens is 2. The van der Waals surface area contributed by atoms with Gasteiger partial charge in [0, 0.05) is 37.8 Å². The van der Waals surface area contributed by atoms with Crippen molar-refractivity contribution in [1.82, 2.24) is 20.0 Å². The number of rotatable bonds is 3. The van der Waals surface area contributed by atoms with Crippen LogP contribution in [-0.4, -0.2) is 58.1 Å². The van der Waals surface area contributed by atoms with Crippen LogP contribution >= 0.6 is 0 Å². The van der Waals surface area contributed by atoms with Gasteiger partial charge in [0.15, 0.2) is 0 Å². The smallest absolute Gasteiger partial charge is 0.271 e. The number of hydrogen-bond acceptors (Lipinski definition) is 3. The van der Waals surface area contributed by atoms with Crippen molar-refractivity contribution in [1.29, 1.82) is 0 Å². The Morgan fingerprint density at radius 2 is 1.76 bits per heavy atom. The van der Waals surface area contributed by atoms with Crippen LogP contribution in [0.2, 0.25) is 0 Å². The zero-order valence-electron chi connectivity index (χ0n) is 14.2. The van der Waals surface area contributed by atoms with E-state index in [0.29, 0.717) is 11.4 Å². The van der Waals surface area contributed by atoms with E-state index in [9.17, 15) is 9.18 Å². The normalized spacial score (nSPS) is 19.5. The van der Waals surface area contributed by atoms with E-state index in [4.69, 9.17) is 0 Å². The lowest BCUT2D eigenvalue weighted by molar-refractivity contribution is 0.0568. The predicted molar refractivity (Wildman–Crippen MR) is 93.7 cm³/mol. The fourth-order valence-corrected chi connectivity index (χ4v) is 3.93.